The Bertz CT molecular complexity index is 1100. The third kappa shape index (κ3) is 4.02. The van der Waals surface area contributed by atoms with Gasteiger partial charge in [-0.3, -0.25) is 9.59 Å². The Kier molecular flexibility index (Phi) is 5.72. The summed E-state index contributed by atoms with van der Waals surface area (Å²) in [7, 11) is 1.60. The van der Waals surface area contributed by atoms with Gasteiger partial charge in [-0.05, 0) is 60.0 Å². The molecule has 0 saturated carbocycles. The number of fused-ring (bicyclic) bond motifs is 1. The minimum absolute atomic E-state index is 0.0475. The zero-order valence-electron chi connectivity index (χ0n) is 16.5. The van der Waals surface area contributed by atoms with Crippen molar-refractivity contribution in [2.45, 2.75) is 13.0 Å². The molecule has 0 aromatic heterocycles. The molecule has 30 heavy (non-hydrogen) atoms. The van der Waals surface area contributed by atoms with E-state index in [4.69, 9.17) is 16.3 Å². The maximum absolute atomic E-state index is 13.0. The van der Waals surface area contributed by atoms with Crippen LogP contribution in [0.1, 0.15) is 31.8 Å². The van der Waals surface area contributed by atoms with E-state index in [0.29, 0.717) is 35.0 Å². The highest BCUT2D eigenvalue weighted by Gasteiger charge is 2.26. The molecule has 0 radical (unpaired) electrons. The Hall–Kier alpha value is -3.31. The fourth-order valence-electron chi connectivity index (χ4n) is 3.56. The highest BCUT2D eigenvalue weighted by Crippen LogP contribution is 2.31. The number of carbonyl (C=O) groups is 2. The molecular weight excluding hydrogens is 400 g/mol. The Morgan fingerprint density at radius 3 is 2.57 bits per heavy atom. The summed E-state index contributed by atoms with van der Waals surface area (Å²) < 4.78 is 5.16. The second-order valence-electron chi connectivity index (χ2n) is 7.06. The fraction of sp³-hybridized carbons (Fsp3) is 0.167. The van der Waals surface area contributed by atoms with Gasteiger partial charge < -0.3 is 15.0 Å². The number of benzene rings is 3. The summed E-state index contributed by atoms with van der Waals surface area (Å²) in [5, 5.41) is 3.31. The standard InChI is InChI=1S/C24H21ClN2O3/c1-30-19-10-8-18(9-11-19)24(29)27-13-12-17-7-6-16(14-22(17)27)15-26-23(28)20-4-2-3-5-21(20)25/h2-11,14H,12-13,15H2,1H3,(H,26,28). The van der Waals surface area contributed by atoms with Gasteiger partial charge >= 0.3 is 0 Å². The van der Waals surface area contributed by atoms with Crippen LogP contribution in [-0.4, -0.2) is 25.5 Å². The largest absolute Gasteiger partial charge is 0.497 e. The number of hydrogen-bond acceptors (Lipinski definition) is 3. The molecule has 3 aromatic rings. The van der Waals surface area contributed by atoms with Crippen molar-refractivity contribution in [3.8, 4) is 5.75 Å². The summed E-state index contributed by atoms with van der Waals surface area (Å²) in [4.78, 5) is 27.2. The van der Waals surface area contributed by atoms with Crippen LogP contribution in [0.25, 0.3) is 0 Å². The zero-order chi connectivity index (χ0) is 21.1. The minimum atomic E-state index is -0.229. The highest BCUT2D eigenvalue weighted by molar-refractivity contribution is 6.33. The Morgan fingerprint density at radius 1 is 1.07 bits per heavy atom. The van der Waals surface area contributed by atoms with Gasteiger partial charge in [0.2, 0.25) is 0 Å². The van der Waals surface area contributed by atoms with E-state index in [-0.39, 0.29) is 11.8 Å². The minimum Gasteiger partial charge on any atom is -0.497 e. The monoisotopic (exact) mass is 420 g/mol. The number of methoxy groups -OCH3 is 1. The lowest BCUT2D eigenvalue weighted by atomic mass is 10.1. The lowest BCUT2D eigenvalue weighted by Gasteiger charge is -2.18. The van der Waals surface area contributed by atoms with Crippen molar-refractivity contribution in [2.75, 3.05) is 18.6 Å². The van der Waals surface area contributed by atoms with Gasteiger partial charge in [-0.2, -0.15) is 0 Å². The van der Waals surface area contributed by atoms with Crippen LogP contribution < -0.4 is 15.0 Å². The topological polar surface area (TPSA) is 58.6 Å². The maximum Gasteiger partial charge on any atom is 0.258 e. The van der Waals surface area contributed by atoms with Gasteiger partial charge in [0, 0.05) is 24.3 Å². The first kappa shape index (κ1) is 20.0. The third-order valence-corrected chi connectivity index (χ3v) is 5.53. The summed E-state index contributed by atoms with van der Waals surface area (Å²) in [5.41, 5.74) is 3.99. The van der Waals surface area contributed by atoms with Gasteiger partial charge in [0.1, 0.15) is 5.75 Å². The predicted octanol–water partition coefficient (Wildman–Crippen LogP) is 4.48. The molecule has 0 bridgehead atoms. The Morgan fingerprint density at radius 2 is 1.83 bits per heavy atom. The highest BCUT2D eigenvalue weighted by atomic mass is 35.5. The number of halogens is 1. The van der Waals surface area contributed by atoms with E-state index >= 15 is 0 Å². The van der Waals surface area contributed by atoms with Crippen LogP contribution in [0.2, 0.25) is 5.02 Å². The van der Waals surface area contributed by atoms with Crippen molar-refractivity contribution in [2.24, 2.45) is 0 Å². The van der Waals surface area contributed by atoms with Gasteiger partial charge in [0.15, 0.2) is 0 Å². The van der Waals surface area contributed by atoms with E-state index < -0.39 is 0 Å². The molecule has 0 unspecified atom stereocenters. The Labute approximate surface area is 180 Å². The normalized spacial score (nSPS) is 12.4. The van der Waals surface area contributed by atoms with Crippen LogP contribution in [-0.2, 0) is 13.0 Å². The first-order valence-electron chi connectivity index (χ1n) is 9.67. The van der Waals surface area contributed by atoms with Gasteiger partial charge in [-0.25, -0.2) is 0 Å². The average Bonchev–Trinajstić information content (AvgIpc) is 3.20. The van der Waals surface area contributed by atoms with E-state index in [9.17, 15) is 9.59 Å². The molecule has 1 aliphatic heterocycles. The molecular formula is C24H21ClN2O3. The number of ether oxygens (including phenoxy) is 1. The molecule has 4 rings (SSSR count). The number of anilines is 1. The molecule has 1 heterocycles. The summed E-state index contributed by atoms with van der Waals surface area (Å²) in [6.45, 7) is 0.984. The van der Waals surface area contributed by atoms with Crippen molar-refractivity contribution in [1.82, 2.24) is 5.32 Å². The fourth-order valence-corrected chi connectivity index (χ4v) is 3.78. The maximum atomic E-state index is 13.0. The molecule has 5 nitrogen and oxygen atoms in total. The predicted molar refractivity (Wildman–Crippen MR) is 117 cm³/mol. The number of hydrogen-bond donors (Lipinski definition) is 1. The molecule has 3 aromatic carbocycles. The van der Waals surface area contributed by atoms with Gasteiger partial charge in [-0.15, -0.1) is 0 Å². The Balaban J connectivity index is 1.49. The van der Waals surface area contributed by atoms with E-state index in [1.54, 1.807) is 60.5 Å². The van der Waals surface area contributed by atoms with Gasteiger partial charge in [-0.1, -0.05) is 35.9 Å². The van der Waals surface area contributed by atoms with Gasteiger partial charge in [0.05, 0.1) is 17.7 Å². The van der Waals surface area contributed by atoms with Crippen molar-refractivity contribution < 1.29 is 14.3 Å². The van der Waals surface area contributed by atoms with Crippen LogP contribution in [0.3, 0.4) is 0 Å². The molecule has 0 saturated heterocycles. The summed E-state index contributed by atoms with van der Waals surface area (Å²) >= 11 is 6.10. The average molecular weight is 421 g/mol. The zero-order valence-corrected chi connectivity index (χ0v) is 17.3. The smallest absolute Gasteiger partial charge is 0.258 e. The van der Waals surface area contributed by atoms with Crippen LogP contribution >= 0.6 is 11.6 Å². The number of rotatable bonds is 5. The van der Waals surface area contributed by atoms with Crippen LogP contribution in [0.15, 0.2) is 66.7 Å². The van der Waals surface area contributed by atoms with E-state index in [0.717, 1.165) is 23.2 Å². The quantitative estimate of drug-likeness (QED) is 0.662. The molecule has 0 aliphatic carbocycles. The van der Waals surface area contributed by atoms with E-state index in [2.05, 4.69) is 5.32 Å². The number of nitrogens with zero attached hydrogens (tertiary/aromatic N) is 1. The second-order valence-corrected chi connectivity index (χ2v) is 7.47. The first-order chi connectivity index (χ1) is 14.6. The van der Waals surface area contributed by atoms with E-state index in [1.807, 2.05) is 18.2 Å². The van der Waals surface area contributed by atoms with Crippen LogP contribution in [0, 0.1) is 0 Å². The van der Waals surface area contributed by atoms with Crippen molar-refractivity contribution in [3.63, 3.8) is 0 Å². The summed E-state index contributed by atoms with van der Waals surface area (Å²) in [6.07, 6.45) is 0.809. The molecule has 1 N–H and O–H groups in total. The van der Waals surface area contributed by atoms with Crippen molar-refractivity contribution in [3.05, 3.63) is 94.0 Å². The lowest BCUT2D eigenvalue weighted by Crippen LogP contribution is -2.29. The first-order valence-corrected chi connectivity index (χ1v) is 10.0. The third-order valence-electron chi connectivity index (χ3n) is 5.20. The SMILES string of the molecule is COc1ccc(C(=O)N2CCc3ccc(CNC(=O)c4ccccc4Cl)cc32)cc1. The van der Waals surface area contributed by atoms with Crippen molar-refractivity contribution in [1.29, 1.82) is 0 Å². The molecule has 152 valence electrons. The summed E-state index contributed by atoms with van der Waals surface area (Å²) in [6, 6.07) is 20.0. The molecule has 0 spiro atoms. The number of nitrogens with one attached hydrogen (secondary N) is 1. The molecule has 2 amide bonds. The van der Waals surface area contributed by atoms with Gasteiger partial charge in [0.25, 0.3) is 11.8 Å². The molecule has 6 heteroatoms. The number of amides is 2. The summed E-state index contributed by atoms with van der Waals surface area (Å²) in [5.74, 6) is 0.436. The van der Waals surface area contributed by atoms with Crippen molar-refractivity contribution >= 4 is 29.1 Å². The lowest BCUT2D eigenvalue weighted by molar-refractivity contribution is 0.0949. The molecule has 0 fully saturated rings. The van der Waals surface area contributed by atoms with E-state index in [1.165, 1.54) is 0 Å². The van der Waals surface area contributed by atoms with Crippen LogP contribution in [0.5, 0.6) is 5.75 Å². The number of carbonyl (C=O) groups excluding carboxylic acids is 2. The molecule has 1 aliphatic rings. The molecule has 0 atom stereocenters. The second kappa shape index (κ2) is 8.59. The van der Waals surface area contributed by atoms with Crippen LogP contribution in [0.4, 0.5) is 5.69 Å².